The molecule has 0 aromatic rings. The summed E-state index contributed by atoms with van der Waals surface area (Å²) in [6, 6.07) is 0. The van der Waals surface area contributed by atoms with E-state index in [1.807, 2.05) is 6.08 Å². The largest absolute Gasteiger partial charge is 0.509 e. The van der Waals surface area contributed by atoms with Gasteiger partial charge in [-0.2, -0.15) is 0 Å². The van der Waals surface area contributed by atoms with E-state index in [2.05, 4.69) is 16.3 Å². The molecule has 122 valence electrons. The third-order valence-electron chi connectivity index (χ3n) is 4.11. The molecule has 1 spiro atoms. The van der Waals surface area contributed by atoms with Crippen molar-refractivity contribution in [3.05, 3.63) is 46.6 Å². The highest BCUT2D eigenvalue weighted by atomic mass is 16.7. The Morgan fingerprint density at radius 3 is 2.57 bits per heavy atom. The number of esters is 1. The first kappa shape index (κ1) is 17.2. The Labute approximate surface area is 136 Å². The fourth-order valence-corrected chi connectivity index (χ4v) is 2.90. The van der Waals surface area contributed by atoms with Crippen LogP contribution in [0.25, 0.3) is 9.69 Å². The van der Waals surface area contributed by atoms with E-state index in [0.717, 1.165) is 5.57 Å². The highest BCUT2D eigenvalue weighted by Crippen LogP contribution is 2.42. The number of rotatable bonds is 5. The molecule has 23 heavy (non-hydrogen) atoms. The van der Waals surface area contributed by atoms with Gasteiger partial charge in [0.25, 0.3) is 0 Å². The monoisotopic (exact) mass is 316 g/mol. The quantitative estimate of drug-likeness (QED) is 0.444. The first-order valence-corrected chi connectivity index (χ1v) is 7.50. The van der Waals surface area contributed by atoms with Crippen molar-refractivity contribution in [3.8, 4) is 0 Å². The van der Waals surface area contributed by atoms with Gasteiger partial charge in [-0.1, -0.05) is 12.7 Å². The van der Waals surface area contributed by atoms with Crippen LogP contribution in [0.3, 0.4) is 0 Å². The van der Waals surface area contributed by atoms with Gasteiger partial charge in [0.15, 0.2) is 5.79 Å². The Morgan fingerprint density at radius 2 is 2.09 bits per heavy atom. The Balaban J connectivity index is 2.10. The zero-order valence-corrected chi connectivity index (χ0v) is 13.3. The van der Waals surface area contributed by atoms with Crippen LogP contribution in [0, 0.1) is 13.1 Å². The summed E-state index contributed by atoms with van der Waals surface area (Å²) in [5.74, 6) is -0.981. The Hall–Kier alpha value is -2.15. The molecule has 2 rings (SSSR count). The van der Waals surface area contributed by atoms with Crippen molar-refractivity contribution in [2.45, 2.75) is 44.1 Å². The summed E-state index contributed by atoms with van der Waals surface area (Å²) in [5, 5.41) is 0. The maximum absolute atomic E-state index is 10.9. The van der Waals surface area contributed by atoms with Crippen LogP contribution in [0.5, 0.6) is 0 Å². The molecule has 0 N–H and O–H groups in total. The molecule has 0 aromatic heterocycles. The van der Waals surface area contributed by atoms with Gasteiger partial charge in [0.05, 0.1) is 18.8 Å². The SMILES string of the molecule is [C-]#[N+]C(CC(=C)COC(C)=O)([N+]#[C-])C1=CCC2(CC1)OCCO2. The van der Waals surface area contributed by atoms with Gasteiger partial charge < -0.3 is 14.2 Å². The summed E-state index contributed by atoms with van der Waals surface area (Å²) >= 11 is 0. The summed E-state index contributed by atoms with van der Waals surface area (Å²) in [6.45, 7) is 21.4. The molecular formula is C17H20N2O4. The predicted octanol–water partition coefficient (Wildman–Crippen LogP) is 2.88. The van der Waals surface area contributed by atoms with E-state index in [4.69, 9.17) is 27.4 Å². The van der Waals surface area contributed by atoms with E-state index >= 15 is 0 Å². The Morgan fingerprint density at radius 1 is 1.43 bits per heavy atom. The van der Waals surface area contributed by atoms with Crippen LogP contribution in [0.15, 0.2) is 23.8 Å². The number of nitrogens with zero attached hydrogens (tertiary/aromatic N) is 2. The van der Waals surface area contributed by atoms with Crippen molar-refractivity contribution in [1.29, 1.82) is 0 Å². The van der Waals surface area contributed by atoms with Crippen molar-refractivity contribution in [2.24, 2.45) is 0 Å². The minimum absolute atomic E-state index is 0.0333. The average Bonchev–Trinajstić information content (AvgIpc) is 3.00. The summed E-state index contributed by atoms with van der Waals surface area (Å²) in [7, 11) is 0. The molecule has 6 nitrogen and oxygen atoms in total. The van der Waals surface area contributed by atoms with E-state index in [-0.39, 0.29) is 13.0 Å². The van der Waals surface area contributed by atoms with Crippen molar-refractivity contribution in [1.82, 2.24) is 0 Å². The van der Waals surface area contributed by atoms with Crippen molar-refractivity contribution in [2.75, 3.05) is 19.8 Å². The number of carbonyl (C=O) groups is 1. The second-order valence-electron chi connectivity index (χ2n) is 5.79. The molecule has 0 atom stereocenters. The minimum Gasteiger partial charge on any atom is -0.461 e. The van der Waals surface area contributed by atoms with Crippen LogP contribution in [-0.2, 0) is 19.0 Å². The molecule has 1 saturated heterocycles. The second kappa shape index (κ2) is 6.95. The first-order chi connectivity index (χ1) is 11.0. The number of carbonyl (C=O) groups excluding carboxylic acids is 1. The summed E-state index contributed by atoms with van der Waals surface area (Å²) < 4.78 is 16.2. The number of ether oxygens (including phenoxy) is 3. The van der Waals surface area contributed by atoms with Gasteiger partial charge in [-0.15, -0.1) is 0 Å². The van der Waals surface area contributed by atoms with Crippen molar-refractivity contribution in [3.63, 3.8) is 0 Å². The molecule has 1 heterocycles. The third-order valence-corrected chi connectivity index (χ3v) is 4.11. The van der Waals surface area contributed by atoms with Gasteiger partial charge in [0.2, 0.25) is 0 Å². The van der Waals surface area contributed by atoms with Crippen LogP contribution >= 0.6 is 0 Å². The minimum atomic E-state index is -1.31. The lowest BCUT2D eigenvalue weighted by atomic mass is 9.84. The van der Waals surface area contributed by atoms with Gasteiger partial charge in [-0.05, 0) is 12.0 Å². The molecule has 1 aliphatic carbocycles. The van der Waals surface area contributed by atoms with Gasteiger partial charge >= 0.3 is 11.6 Å². The molecule has 0 bridgehead atoms. The van der Waals surface area contributed by atoms with E-state index in [0.29, 0.717) is 38.0 Å². The standard InChI is InChI=1S/C17H20N2O4/c1-13(12-21-14(2)20)11-17(18-3,19-4)15-5-7-16(8-6-15)22-9-10-23-16/h5H,1,6-12H2,2H3. The molecule has 0 radical (unpaired) electrons. The molecular weight excluding hydrogens is 296 g/mol. The summed E-state index contributed by atoms with van der Waals surface area (Å²) in [5.41, 5.74) is 0.0233. The van der Waals surface area contributed by atoms with E-state index in [1.165, 1.54) is 6.92 Å². The van der Waals surface area contributed by atoms with Crippen LogP contribution in [0.4, 0.5) is 0 Å². The molecule has 0 amide bonds. The van der Waals surface area contributed by atoms with Crippen molar-refractivity contribution < 1.29 is 19.0 Å². The lowest BCUT2D eigenvalue weighted by Gasteiger charge is -2.30. The van der Waals surface area contributed by atoms with Crippen LogP contribution < -0.4 is 0 Å². The highest BCUT2D eigenvalue weighted by molar-refractivity contribution is 5.66. The van der Waals surface area contributed by atoms with Gasteiger partial charge in [-0.3, -0.25) is 4.79 Å². The molecule has 1 aliphatic heterocycles. The summed E-state index contributed by atoms with van der Waals surface area (Å²) in [4.78, 5) is 18.1. The number of hydrogen-bond acceptors (Lipinski definition) is 4. The zero-order chi connectivity index (χ0) is 16.9. The maximum Gasteiger partial charge on any atom is 0.509 e. The zero-order valence-electron chi connectivity index (χ0n) is 13.3. The topological polar surface area (TPSA) is 53.5 Å². The normalized spacial score (nSPS) is 19.5. The van der Waals surface area contributed by atoms with Crippen LogP contribution in [0.2, 0.25) is 0 Å². The third kappa shape index (κ3) is 3.79. The lowest BCUT2D eigenvalue weighted by molar-refractivity contribution is -0.161. The summed E-state index contributed by atoms with van der Waals surface area (Å²) in [6.07, 6.45) is 3.82. The first-order valence-electron chi connectivity index (χ1n) is 7.50. The predicted molar refractivity (Wildman–Crippen MR) is 82.9 cm³/mol. The van der Waals surface area contributed by atoms with Crippen LogP contribution in [-0.4, -0.2) is 37.2 Å². The maximum atomic E-state index is 10.9. The second-order valence-corrected chi connectivity index (χ2v) is 5.79. The highest BCUT2D eigenvalue weighted by Gasteiger charge is 2.51. The van der Waals surface area contributed by atoms with E-state index in [9.17, 15) is 4.79 Å². The fourth-order valence-electron chi connectivity index (χ4n) is 2.90. The van der Waals surface area contributed by atoms with Gasteiger partial charge in [0.1, 0.15) is 13.0 Å². The Kier molecular flexibility index (Phi) is 5.20. The molecule has 1 fully saturated rings. The fraction of sp³-hybridized carbons (Fsp3) is 0.588. The molecule has 0 saturated carbocycles. The number of hydrogen-bond donors (Lipinski definition) is 0. The van der Waals surface area contributed by atoms with Crippen LogP contribution in [0.1, 0.15) is 32.6 Å². The van der Waals surface area contributed by atoms with E-state index in [1.54, 1.807) is 0 Å². The van der Waals surface area contributed by atoms with Gasteiger partial charge in [0, 0.05) is 19.8 Å². The Bertz CT molecular complexity index is 589. The smallest absolute Gasteiger partial charge is 0.461 e. The molecule has 0 aromatic carbocycles. The molecule has 2 aliphatic rings. The average molecular weight is 316 g/mol. The van der Waals surface area contributed by atoms with Gasteiger partial charge in [-0.25, -0.2) is 22.8 Å². The lowest BCUT2D eigenvalue weighted by Crippen LogP contribution is -2.35. The molecule has 0 unspecified atom stereocenters. The van der Waals surface area contributed by atoms with Crippen molar-refractivity contribution >= 4 is 5.97 Å². The van der Waals surface area contributed by atoms with E-state index < -0.39 is 17.4 Å². The molecule has 6 heteroatoms.